The van der Waals surface area contributed by atoms with E-state index in [0.29, 0.717) is 16.1 Å². The van der Waals surface area contributed by atoms with Crippen molar-refractivity contribution in [2.45, 2.75) is 0 Å². The summed E-state index contributed by atoms with van der Waals surface area (Å²) in [5.74, 6) is 0.153. The molecule has 0 unspecified atom stereocenters. The van der Waals surface area contributed by atoms with Gasteiger partial charge in [0.25, 0.3) is 5.91 Å². The van der Waals surface area contributed by atoms with E-state index in [1.807, 2.05) is 6.07 Å². The van der Waals surface area contributed by atoms with E-state index in [0.717, 1.165) is 0 Å². The van der Waals surface area contributed by atoms with Gasteiger partial charge in [-0.2, -0.15) is 9.83 Å². The number of carbonyl (C=O) groups excluding carboxylic acids is 1. The van der Waals surface area contributed by atoms with E-state index in [9.17, 15) is 10.0 Å². The first-order valence-electron chi connectivity index (χ1n) is 5.91. The molecule has 0 saturated carbocycles. The van der Waals surface area contributed by atoms with E-state index in [1.54, 1.807) is 24.3 Å². The summed E-state index contributed by atoms with van der Waals surface area (Å²) in [7, 11) is 0. The Bertz CT molecular complexity index is 601. The van der Waals surface area contributed by atoms with Crippen LogP contribution in [0.5, 0.6) is 0 Å². The highest BCUT2D eigenvalue weighted by atomic mass is 16.5. The standard InChI is InChI=1S/C13H13N5O2/c19-13(11-4-2-1-3-5-11)15-6-7-16-17-12-10-18(20)9-8-14-12/h1-5,7-10H,6H2,(H,14,17)(H,15,19)/b16-7+. The normalized spacial score (nSPS) is 10.4. The molecule has 0 radical (unpaired) electrons. The maximum Gasteiger partial charge on any atom is 0.251 e. The molecule has 2 N–H and O–H groups in total. The Kier molecular flexibility index (Phi) is 4.60. The molecule has 1 heterocycles. The number of anilines is 1. The first-order chi connectivity index (χ1) is 9.75. The Morgan fingerprint density at radius 1 is 1.40 bits per heavy atom. The quantitative estimate of drug-likeness (QED) is 0.359. The van der Waals surface area contributed by atoms with Crippen molar-refractivity contribution in [1.29, 1.82) is 0 Å². The fourth-order valence-corrected chi connectivity index (χ4v) is 1.42. The number of aromatic nitrogens is 2. The Balaban J connectivity index is 1.76. The highest BCUT2D eigenvalue weighted by Gasteiger charge is 2.01. The summed E-state index contributed by atoms with van der Waals surface area (Å²) in [5, 5.41) is 17.5. The zero-order valence-corrected chi connectivity index (χ0v) is 10.6. The van der Waals surface area contributed by atoms with Crippen molar-refractivity contribution in [2.24, 2.45) is 5.10 Å². The maximum absolute atomic E-state index is 11.7. The van der Waals surface area contributed by atoms with Crippen molar-refractivity contribution in [2.75, 3.05) is 12.0 Å². The molecule has 2 rings (SSSR count). The van der Waals surface area contributed by atoms with Gasteiger partial charge in [0.15, 0.2) is 6.20 Å². The first-order valence-corrected chi connectivity index (χ1v) is 5.91. The van der Waals surface area contributed by atoms with Crippen LogP contribution in [0, 0.1) is 5.21 Å². The van der Waals surface area contributed by atoms with Crippen molar-refractivity contribution in [3.63, 3.8) is 0 Å². The highest BCUT2D eigenvalue weighted by molar-refractivity contribution is 5.95. The summed E-state index contributed by atoms with van der Waals surface area (Å²) in [5.41, 5.74) is 3.17. The minimum atomic E-state index is -0.174. The molecule has 1 amide bonds. The van der Waals surface area contributed by atoms with Crippen LogP contribution >= 0.6 is 0 Å². The van der Waals surface area contributed by atoms with Gasteiger partial charge in [0.1, 0.15) is 0 Å². The van der Waals surface area contributed by atoms with Gasteiger partial charge in [0, 0.05) is 11.8 Å². The summed E-state index contributed by atoms with van der Waals surface area (Å²) in [6, 6.07) is 8.89. The van der Waals surface area contributed by atoms with E-state index in [-0.39, 0.29) is 12.5 Å². The fourth-order valence-electron chi connectivity index (χ4n) is 1.42. The van der Waals surface area contributed by atoms with Crippen molar-refractivity contribution < 1.29 is 9.52 Å². The third kappa shape index (κ3) is 4.05. The van der Waals surface area contributed by atoms with E-state index in [1.165, 1.54) is 24.8 Å². The van der Waals surface area contributed by atoms with Gasteiger partial charge < -0.3 is 10.5 Å². The third-order valence-corrected chi connectivity index (χ3v) is 2.34. The Morgan fingerprint density at radius 2 is 2.20 bits per heavy atom. The minimum absolute atomic E-state index is 0.174. The number of rotatable bonds is 5. The number of benzene rings is 1. The largest absolute Gasteiger partial charge is 0.619 e. The lowest BCUT2D eigenvalue weighted by Crippen LogP contribution is -2.26. The zero-order chi connectivity index (χ0) is 14.2. The summed E-state index contributed by atoms with van der Waals surface area (Å²) in [6.07, 6.45) is 5.36. The molecule has 0 saturated heterocycles. The number of nitrogens with one attached hydrogen (secondary N) is 2. The predicted octanol–water partition coefficient (Wildman–Crippen LogP) is 0.543. The van der Waals surface area contributed by atoms with Gasteiger partial charge in [0.2, 0.25) is 12.0 Å². The molecular formula is C13H13N5O2. The number of hydrogen-bond acceptors (Lipinski definition) is 5. The molecule has 0 bridgehead atoms. The fraction of sp³-hybridized carbons (Fsp3) is 0.0769. The first kappa shape index (κ1) is 13.5. The van der Waals surface area contributed by atoms with Crippen LogP contribution in [0.15, 0.2) is 54.0 Å². The smallest absolute Gasteiger partial charge is 0.251 e. The number of nitrogens with zero attached hydrogens (tertiary/aromatic N) is 3. The van der Waals surface area contributed by atoms with Crippen LogP contribution < -0.4 is 15.5 Å². The Hall–Kier alpha value is -2.96. The highest BCUT2D eigenvalue weighted by Crippen LogP contribution is 1.97. The van der Waals surface area contributed by atoms with Crippen LogP contribution in [0.4, 0.5) is 5.82 Å². The van der Waals surface area contributed by atoms with Gasteiger partial charge in [-0.1, -0.05) is 18.2 Å². The van der Waals surface area contributed by atoms with Crippen LogP contribution in [0.25, 0.3) is 0 Å². The summed E-state index contributed by atoms with van der Waals surface area (Å²) < 4.78 is 0.613. The second-order valence-electron chi connectivity index (χ2n) is 3.80. The van der Waals surface area contributed by atoms with Crippen LogP contribution in [0.3, 0.4) is 0 Å². The maximum atomic E-state index is 11.7. The average Bonchev–Trinajstić information content (AvgIpc) is 2.48. The molecule has 1 aromatic heterocycles. The average molecular weight is 271 g/mol. The van der Waals surface area contributed by atoms with Crippen molar-refractivity contribution >= 4 is 17.9 Å². The molecular weight excluding hydrogens is 258 g/mol. The SMILES string of the molecule is O=C(NC/C=N/Nc1c[n+]([O-])ccn1)c1ccccc1. The molecule has 102 valence electrons. The van der Waals surface area contributed by atoms with Gasteiger partial charge in [-0.25, -0.2) is 4.98 Å². The zero-order valence-electron chi connectivity index (χ0n) is 10.6. The van der Waals surface area contributed by atoms with E-state index < -0.39 is 0 Å². The lowest BCUT2D eigenvalue weighted by molar-refractivity contribution is -0.605. The number of hydrogen-bond donors (Lipinski definition) is 2. The summed E-state index contributed by atoms with van der Waals surface area (Å²) >= 11 is 0. The van der Waals surface area contributed by atoms with Gasteiger partial charge in [0.05, 0.1) is 12.7 Å². The molecule has 1 aromatic carbocycles. The van der Waals surface area contributed by atoms with Gasteiger partial charge >= 0.3 is 0 Å². The van der Waals surface area contributed by atoms with E-state index in [2.05, 4.69) is 20.8 Å². The molecule has 7 heteroatoms. The van der Waals surface area contributed by atoms with Crippen LogP contribution in [-0.4, -0.2) is 23.7 Å². The molecule has 2 aromatic rings. The second-order valence-corrected chi connectivity index (χ2v) is 3.80. The molecule has 0 spiro atoms. The van der Waals surface area contributed by atoms with Gasteiger partial charge in [-0.15, -0.1) is 0 Å². The van der Waals surface area contributed by atoms with Gasteiger partial charge in [-0.05, 0) is 12.1 Å². The molecule has 0 fully saturated rings. The molecule has 20 heavy (non-hydrogen) atoms. The summed E-state index contributed by atoms with van der Waals surface area (Å²) in [4.78, 5) is 15.6. The predicted molar refractivity (Wildman–Crippen MR) is 74.1 cm³/mol. The molecule has 0 aliphatic heterocycles. The number of hydrazone groups is 1. The molecule has 0 atom stereocenters. The lowest BCUT2D eigenvalue weighted by Gasteiger charge is -2.01. The van der Waals surface area contributed by atoms with Crippen molar-refractivity contribution in [3.8, 4) is 0 Å². The summed E-state index contributed by atoms with van der Waals surface area (Å²) in [6.45, 7) is 0.269. The monoisotopic (exact) mass is 271 g/mol. The molecule has 7 nitrogen and oxygen atoms in total. The van der Waals surface area contributed by atoms with Crippen LogP contribution in [0.2, 0.25) is 0 Å². The lowest BCUT2D eigenvalue weighted by atomic mass is 10.2. The molecule has 0 aliphatic carbocycles. The van der Waals surface area contributed by atoms with E-state index >= 15 is 0 Å². The van der Waals surface area contributed by atoms with Crippen molar-refractivity contribution in [1.82, 2.24) is 10.3 Å². The molecule has 0 aliphatic rings. The second kappa shape index (κ2) is 6.83. The number of amides is 1. The van der Waals surface area contributed by atoms with Crippen LogP contribution in [-0.2, 0) is 0 Å². The minimum Gasteiger partial charge on any atom is -0.619 e. The Labute approximate surface area is 115 Å². The van der Waals surface area contributed by atoms with Crippen LogP contribution in [0.1, 0.15) is 10.4 Å². The van der Waals surface area contributed by atoms with Gasteiger partial charge in [-0.3, -0.25) is 10.2 Å². The van der Waals surface area contributed by atoms with Crippen molar-refractivity contribution in [3.05, 3.63) is 59.7 Å². The third-order valence-electron chi connectivity index (χ3n) is 2.34. The Morgan fingerprint density at radius 3 is 2.95 bits per heavy atom. The topological polar surface area (TPSA) is 93.3 Å². The van der Waals surface area contributed by atoms with E-state index in [4.69, 9.17) is 0 Å². The number of carbonyl (C=O) groups is 1.